The summed E-state index contributed by atoms with van der Waals surface area (Å²) in [6.45, 7) is 2.05. The molecule has 1 aromatic carbocycles. The van der Waals surface area contributed by atoms with Gasteiger partial charge in [0.2, 0.25) is 0 Å². The van der Waals surface area contributed by atoms with Crippen LogP contribution in [0.5, 0.6) is 5.75 Å². The van der Waals surface area contributed by atoms with Crippen molar-refractivity contribution in [3.63, 3.8) is 0 Å². The predicted molar refractivity (Wildman–Crippen MR) is 100 cm³/mol. The van der Waals surface area contributed by atoms with Crippen LogP contribution in [0.1, 0.15) is 10.4 Å². The molecule has 1 aliphatic rings. The van der Waals surface area contributed by atoms with Gasteiger partial charge in [0, 0.05) is 50.2 Å². The molecule has 1 saturated heterocycles. The third-order valence-corrected chi connectivity index (χ3v) is 4.60. The minimum Gasteiger partial charge on any atom is -0.406 e. The van der Waals surface area contributed by atoms with Gasteiger partial charge in [-0.1, -0.05) is 0 Å². The first kappa shape index (κ1) is 19.7. The second-order valence-electron chi connectivity index (χ2n) is 6.54. The highest BCUT2D eigenvalue weighted by molar-refractivity contribution is 5.94. The standard InChI is InChI=1S/C19H17F3N6O2/c20-19(21,22)30-15-4-2-14(3-5-15)18(29)27-10-8-26(9-11-27)16-12-17(24-13-23-16)28-7-1-6-25-28/h1-7,12-13H,8-11H2. The van der Waals surface area contributed by atoms with Crippen molar-refractivity contribution in [1.82, 2.24) is 24.6 Å². The maximum absolute atomic E-state index is 12.7. The van der Waals surface area contributed by atoms with Crippen LogP contribution in [-0.4, -0.2) is 63.1 Å². The van der Waals surface area contributed by atoms with Crippen molar-refractivity contribution in [3.8, 4) is 11.6 Å². The summed E-state index contributed by atoms with van der Waals surface area (Å²) in [7, 11) is 0. The number of nitrogens with zero attached hydrogens (tertiary/aromatic N) is 6. The van der Waals surface area contributed by atoms with Gasteiger partial charge in [0.1, 0.15) is 17.9 Å². The second-order valence-corrected chi connectivity index (χ2v) is 6.54. The van der Waals surface area contributed by atoms with E-state index in [1.807, 2.05) is 11.0 Å². The SMILES string of the molecule is O=C(c1ccc(OC(F)(F)F)cc1)N1CCN(c2cc(-n3cccn3)ncn2)CC1. The Balaban J connectivity index is 1.37. The summed E-state index contributed by atoms with van der Waals surface area (Å²) in [6, 6.07) is 8.55. The quantitative estimate of drug-likeness (QED) is 0.648. The average Bonchev–Trinajstić information content (AvgIpc) is 3.28. The second kappa shape index (κ2) is 8.01. The number of ether oxygens (including phenoxy) is 1. The monoisotopic (exact) mass is 418 g/mol. The Morgan fingerprint density at radius 3 is 2.33 bits per heavy atom. The van der Waals surface area contributed by atoms with E-state index in [2.05, 4.69) is 19.8 Å². The molecule has 0 radical (unpaired) electrons. The van der Waals surface area contributed by atoms with Crippen LogP contribution in [-0.2, 0) is 0 Å². The third kappa shape index (κ3) is 4.50. The molecule has 4 rings (SSSR count). The van der Waals surface area contributed by atoms with E-state index in [1.165, 1.54) is 18.5 Å². The minimum atomic E-state index is -4.76. The lowest BCUT2D eigenvalue weighted by molar-refractivity contribution is -0.274. The van der Waals surface area contributed by atoms with Crippen LogP contribution in [0.2, 0.25) is 0 Å². The molecule has 0 aliphatic carbocycles. The fraction of sp³-hybridized carbons (Fsp3) is 0.263. The largest absolute Gasteiger partial charge is 0.573 e. The summed E-state index contributed by atoms with van der Waals surface area (Å²) < 4.78 is 42.2. The summed E-state index contributed by atoms with van der Waals surface area (Å²) in [5.74, 6) is 0.773. The molecule has 0 N–H and O–H groups in total. The van der Waals surface area contributed by atoms with Gasteiger partial charge in [-0.3, -0.25) is 4.79 Å². The number of alkyl halides is 3. The highest BCUT2D eigenvalue weighted by atomic mass is 19.4. The summed E-state index contributed by atoms with van der Waals surface area (Å²) >= 11 is 0. The molecule has 0 unspecified atom stereocenters. The molecule has 0 bridgehead atoms. The molecule has 1 fully saturated rings. The Morgan fingerprint density at radius 1 is 1.00 bits per heavy atom. The van der Waals surface area contributed by atoms with E-state index in [0.29, 0.717) is 37.6 Å². The molecule has 1 aliphatic heterocycles. The zero-order chi connectivity index (χ0) is 21.1. The van der Waals surface area contributed by atoms with Crippen LogP contribution >= 0.6 is 0 Å². The summed E-state index contributed by atoms with van der Waals surface area (Å²) in [5, 5.41) is 4.15. The fourth-order valence-corrected chi connectivity index (χ4v) is 3.16. The number of piperazine rings is 1. The number of hydrogen-bond donors (Lipinski definition) is 0. The van der Waals surface area contributed by atoms with E-state index in [9.17, 15) is 18.0 Å². The molecular formula is C19H17F3N6O2. The van der Waals surface area contributed by atoms with Crippen LogP contribution in [0.25, 0.3) is 5.82 Å². The topological polar surface area (TPSA) is 76.4 Å². The van der Waals surface area contributed by atoms with Gasteiger partial charge in [-0.15, -0.1) is 13.2 Å². The Morgan fingerprint density at radius 2 is 1.70 bits per heavy atom. The van der Waals surface area contributed by atoms with Crippen LogP contribution in [0.15, 0.2) is 55.1 Å². The molecule has 0 atom stereocenters. The molecule has 3 heterocycles. The van der Waals surface area contributed by atoms with Crippen LogP contribution in [0.3, 0.4) is 0 Å². The maximum atomic E-state index is 12.7. The van der Waals surface area contributed by atoms with Gasteiger partial charge in [0.15, 0.2) is 5.82 Å². The molecule has 0 spiro atoms. The average molecular weight is 418 g/mol. The lowest BCUT2D eigenvalue weighted by Gasteiger charge is -2.35. The van der Waals surface area contributed by atoms with Crippen molar-refractivity contribution >= 4 is 11.7 Å². The Bertz CT molecular complexity index is 1000. The predicted octanol–water partition coefficient (Wildman–Crippen LogP) is 2.52. The van der Waals surface area contributed by atoms with Crippen molar-refractivity contribution in [1.29, 1.82) is 0 Å². The highest BCUT2D eigenvalue weighted by Crippen LogP contribution is 2.23. The van der Waals surface area contributed by atoms with E-state index < -0.39 is 6.36 Å². The van der Waals surface area contributed by atoms with Crippen LogP contribution in [0, 0.1) is 0 Å². The number of aromatic nitrogens is 4. The first-order chi connectivity index (χ1) is 14.4. The van der Waals surface area contributed by atoms with Gasteiger partial charge >= 0.3 is 6.36 Å². The molecule has 8 nitrogen and oxygen atoms in total. The molecule has 2 aromatic heterocycles. The first-order valence-electron chi connectivity index (χ1n) is 9.11. The fourth-order valence-electron chi connectivity index (χ4n) is 3.16. The number of benzene rings is 1. The van der Waals surface area contributed by atoms with Crippen molar-refractivity contribution < 1.29 is 22.7 Å². The van der Waals surface area contributed by atoms with E-state index in [4.69, 9.17) is 0 Å². The maximum Gasteiger partial charge on any atom is 0.573 e. The number of anilines is 1. The molecule has 1 amide bonds. The van der Waals surface area contributed by atoms with Gasteiger partial charge in [0.25, 0.3) is 5.91 Å². The molecule has 30 heavy (non-hydrogen) atoms. The number of rotatable bonds is 4. The Labute approximate surface area is 169 Å². The zero-order valence-corrected chi connectivity index (χ0v) is 15.7. The number of carbonyl (C=O) groups is 1. The van der Waals surface area contributed by atoms with Gasteiger partial charge in [-0.2, -0.15) is 5.10 Å². The van der Waals surface area contributed by atoms with E-state index in [1.54, 1.807) is 28.0 Å². The lowest BCUT2D eigenvalue weighted by Crippen LogP contribution is -2.49. The summed E-state index contributed by atoms with van der Waals surface area (Å²) in [4.78, 5) is 24.9. The molecule has 156 valence electrons. The molecule has 3 aromatic rings. The van der Waals surface area contributed by atoms with E-state index >= 15 is 0 Å². The lowest BCUT2D eigenvalue weighted by atomic mass is 10.1. The third-order valence-electron chi connectivity index (χ3n) is 4.60. The first-order valence-corrected chi connectivity index (χ1v) is 9.11. The zero-order valence-electron chi connectivity index (χ0n) is 15.7. The van der Waals surface area contributed by atoms with Crippen molar-refractivity contribution in [2.45, 2.75) is 6.36 Å². The van der Waals surface area contributed by atoms with Crippen LogP contribution < -0.4 is 9.64 Å². The van der Waals surface area contributed by atoms with E-state index in [0.717, 1.165) is 18.0 Å². The van der Waals surface area contributed by atoms with Gasteiger partial charge in [-0.25, -0.2) is 14.6 Å². The smallest absolute Gasteiger partial charge is 0.406 e. The Kier molecular flexibility index (Phi) is 5.25. The van der Waals surface area contributed by atoms with Crippen molar-refractivity contribution in [2.24, 2.45) is 0 Å². The van der Waals surface area contributed by atoms with Crippen molar-refractivity contribution in [2.75, 3.05) is 31.1 Å². The molecule has 11 heteroatoms. The van der Waals surface area contributed by atoms with Gasteiger partial charge in [0.05, 0.1) is 0 Å². The van der Waals surface area contributed by atoms with Gasteiger partial charge in [-0.05, 0) is 30.3 Å². The summed E-state index contributed by atoms with van der Waals surface area (Å²) in [5.41, 5.74) is 0.306. The normalized spacial score (nSPS) is 14.6. The van der Waals surface area contributed by atoms with Crippen molar-refractivity contribution in [3.05, 3.63) is 60.7 Å². The minimum absolute atomic E-state index is 0.242. The number of halogens is 3. The number of amides is 1. The number of carbonyl (C=O) groups excluding carboxylic acids is 1. The Hall–Kier alpha value is -3.63. The van der Waals surface area contributed by atoms with E-state index in [-0.39, 0.29) is 11.7 Å². The van der Waals surface area contributed by atoms with Gasteiger partial charge < -0.3 is 14.5 Å². The molecular weight excluding hydrogens is 401 g/mol. The van der Waals surface area contributed by atoms with Crippen LogP contribution in [0.4, 0.5) is 19.0 Å². The number of hydrogen-bond acceptors (Lipinski definition) is 6. The highest BCUT2D eigenvalue weighted by Gasteiger charge is 2.31. The summed E-state index contributed by atoms with van der Waals surface area (Å²) in [6.07, 6.45) is 0.149. The molecule has 0 saturated carbocycles.